The summed E-state index contributed by atoms with van der Waals surface area (Å²) in [7, 11) is 1.78. The maximum atomic E-state index is 14.1. The van der Waals surface area contributed by atoms with Crippen LogP contribution in [-0.4, -0.2) is 7.05 Å². The molecule has 1 fully saturated rings. The highest BCUT2D eigenvalue weighted by molar-refractivity contribution is 5.40. The van der Waals surface area contributed by atoms with E-state index in [-0.39, 0.29) is 6.04 Å². The third-order valence-corrected chi connectivity index (χ3v) is 4.43. The first-order chi connectivity index (χ1) is 10.2. The molecule has 0 saturated heterocycles. The SMILES string of the molecule is CNC(c1ccccc1C1CCC1)c1cccc(F)c1F. The highest BCUT2D eigenvalue weighted by Crippen LogP contribution is 2.40. The first-order valence-electron chi connectivity index (χ1n) is 7.42. The van der Waals surface area contributed by atoms with Crippen molar-refractivity contribution in [3.8, 4) is 0 Å². The summed E-state index contributed by atoms with van der Waals surface area (Å²) < 4.78 is 27.7. The molecule has 1 aliphatic carbocycles. The normalized spacial score (nSPS) is 16.5. The van der Waals surface area contributed by atoms with Crippen LogP contribution >= 0.6 is 0 Å². The summed E-state index contributed by atoms with van der Waals surface area (Å²) in [6, 6.07) is 12.1. The molecular formula is C18H19F2N. The first kappa shape index (κ1) is 14.2. The quantitative estimate of drug-likeness (QED) is 0.870. The van der Waals surface area contributed by atoms with Gasteiger partial charge in [-0.1, -0.05) is 42.8 Å². The molecule has 0 aromatic heterocycles. The zero-order valence-electron chi connectivity index (χ0n) is 12.1. The van der Waals surface area contributed by atoms with Gasteiger partial charge in [-0.25, -0.2) is 8.78 Å². The fraction of sp³-hybridized carbons (Fsp3) is 0.333. The van der Waals surface area contributed by atoms with Gasteiger partial charge < -0.3 is 5.32 Å². The number of hydrogen-bond donors (Lipinski definition) is 1. The lowest BCUT2D eigenvalue weighted by atomic mass is 9.76. The molecule has 0 amide bonds. The van der Waals surface area contributed by atoms with Crippen LogP contribution in [0.4, 0.5) is 8.78 Å². The molecule has 1 aliphatic rings. The lowest BCUT2D eigenvalue weighted by Gasteiger charge is -2.30. The second kappa shape index (κ2) is 5.94. The predicted molar refractivity (Wildman–Crippen MR) is 80.3 cm³/mol. The number of rotatable bonds is 4. The topological polar surface area (TPSA) is 12.0 Å². The predicted octanol–water partition coefficient (Wildman–Crippen LogP) is 4.54. The molecule has 2 aromatic rings. The van der Waals surface area contributed by atoms with Gasteiger partial charge in [-0.3, -0.25) is 0 Å². The summed E-state index contributed by atoms with van der Waals surface area (Å²) in [5.41, 5.74) is 2.67. The highest BCUT2D eigenvalue weighted by atomic mass is 19.2. The Morgan fingerprint density at radius 1 is 1.00 bits per heavy atom. The van der Waals surface area contributed by atoms with E-state index in [1.165, 1.54) is 24.8 Å². The largest absolute Gasteiger partial charge is 0.309 e. The van der Waals surface area contributed by atoms with E-state index >= 15 is 0 Å². The van der Waals surface area contributed by atoms with Crippen molar-refractivity contribution in [3.05, 3.63) is 70.8 Å². The zero-order valence-corrected chi connectivity index (χ0v) is 12.1. The van der Waals surface area contributed by atoms with E-state index in [1.807, 2.05) is 18.2 Å². The molecule has 0 aliphatic heterocycles. The number of halogens is 2. The molecule has 1 saturated carbocycles. The van der Waals surface area contributed by atoms with E-state index in [9.17, 15) is 8.78 Å². The number of hydrogen-bond acceptors (Lipinski definition) is 1. The highest BCUT2D eigenvalue weighted by Gasteiger charge is 2.26. The molecule has 21 heavy (non-hydrogen) atoms. The molecule has 0 spiro atoms. The van der Waals surface area contributed by atoms with Gasteiger partial charge in [0.15, 0.2) is 11.6 Å². The molecule has 3 rings (SSSR count). The van der Waals surface area contributed by atoms with Crippen LogP contribution in [0.1, 0.15) is 47.9 Å². The summed E-state index contributed by atoms with van der Waals surface area (Å²) in [5.74, 6) is -1.01. The fourth-order valence-corrected chi connectivity index (χ4v) is 3.09. The van der Waals surface area contributed by atoms with Crippen molar-refractivity contribution < 1.29 is 8.78 Å². The zero-order chi connectivity index (χ0) is 14.8. The van der Waals surface area contributed by atoms with Crippen LogP contribution in [0.5, 0.6) is 0 Å². The number of nitrogens with one attached hydrogen (secondary N) is 1. The molecule has 1 atom stereocenters. The average molecular weight is 287 g/mol. The van der Waals surface area contributed by atoms with Gasteiger partial charge >= 0.3 is 0 Å². The average Bonchev–Trinajstić information content (AvgIpc) is 2.44. The third kappa shape index (κ3) is 2.58. The summed E-state index contributed by atoms with van der Waals surface area (Å²) in [6.45, 7) is 0. The van der Waals surface area contributed by atoms with Crippen molar-refractivity contribution >= 4 is 0 Å². The van der Waals surface area contributed by atoms with Crippen LogP contribution in [0.2, 0.25) is 0 Å². The van der Waals surface area contributed by atoms with Crippen LogP contribution in [0.15, 0.2) is 42.5 Å². The maximum absolute atomic E-state index is 14.1. The summed E-state index contributed by atoms with van der Waals surface area (Å²) in [6.07, 6.45) is 3.61. The van der Waals surface area contributed by atoms with Crippen LogP contribution < -0.4 is 5.32 Å². The molecule has 0 heterocycles. The first-order valence-corrected chi connectivity index (χ1v) is 7.42. The molecule has 1 nitrogen and oxygen atoms in total. The van der Waals surface area contributed by atoms with Crippen molar-refractivity contribution in [2.24, 2.45) is 0 Å². The van der Waals surface area contributed by atoms with Crippen LogP contribution in [0.25, 0.3) is 0 Å². The van der Waals surface area contributed by atoms with E-state index in [0.29, 0.717) is 11.5 Å². The van der Waals surface area contributed by atoms with Gasteiger partial charge in [0, 0.05) is 5.56 Å². The van der Waals surface area contributed by atoms with Gasteiger partial charge in [0.1, 0.15) is 0 Å². The molecule has 1 unspecified atom stereocenters. The third-order valence-electron chi connectivity index (χ3n) is 4.43. The fourth-order valence-electron chi connectivity index (χ4n) is 3.09. The minimum Gasteiger partial charge on any atom is -0.309 e. The van der Waals surface area contributed by atoms with Crippen molar-refractivity contribution in [1.82, 2.24) is 5.32 Å². The van der Waals surface area contributed by atoms with E-state index in [4.69, 9.17) is 0 Å². The molecule has 0 radical (unpaired) electrons. The summed E-state index contributed by atoms with van der Waals surface area (Å²) >= 11 is 0. The van der Waals surface area contributed by atoms with Crippen LogP contribution in [-0.2, 0) is 0 Å². The lowest BCUT2D eigenvalue weighted by molar-refractivity contribution is 0.414. The molecule has 1 N–H and O–H groups in total. The summed E-state index contributed by atoms with van der Waals surface area (Å²) in [5, 5.41) is 3.14. The Morgan fingerprint density at radius 2 is 1.71 bits per heavy atom. The Kier molecular flexibility index (Phi) is 4.02. The number of benzene rings is 2. The maximum Gasteiger partial charge on any atom is 0.163 e. The molecule has 3 heteroatoms. The minimum absolute atomic E-state index is 0.322. The van der Waals surface area contributed by atoms with E-state index in [0.717, 1.165) is 11.6 Å². The Morgan fingerprint density at radius 3 is 2.38 bits per heavy atom. The van der Waals surface area contributed by atoms with Crippen molar-refractivity contribution in [1.29, 1.82) is 0 Å². The smallest absolute Gasteiger partial charge is 0.163 e. The second-order valence-corrected chi connectivity index (χ2v) is 5.62. The minimum atomic E-state index is -0.797. The van der Waals surface area contributed by atoms with E-state index < -0.39 is 11.6 Å². The Balaban J connectivity index is 2.06. The molecular weight excluding hydrogens is 268 g/mol. The van der Waals surface area contributed by atoms with Crippen LogP contribution in [0, 0.1) is 11.6 Å². The molecule has 0 bridgehead atoms. The summed E-state index contributed by atoms with van der Waals surface area (Å²) in [4.78, 5) is 0. The van der Waals surface area contributed by atoms with Gasteiger partial charge in [-0.2, -0.15) is 0 Å². The molecule has 2 aromatic carbocycles. The van der Waals surface area contributed by atoms with Gasteiger partial charge in [0.2, 0.25) is 0 Å². The second-order valence-electron chi connectivity index (χ2n) is 5.62. The van der Waals surface area contributed by atoms with Crippen LogP contribution in [0.3, 0.4) is 0 Å². The van der Waals surface area contributed by atoms with Crippen molar-refractivity contribution in [2.45, 2.75) is 31.2 Å². The van der Waals surface area contributed by atoms with Gasteiger partial charge in [-0.15, -0.1) is 0 Å². The Bertz CT molecular complexity index is 635. The van der Waals surface area contributed by atoms with Gasteiger partial charge in [0.25, 0.3) is 0 Å². The Hall–Kier alpha value is -1.74. The standard InChI is InChI=1S/C18H19F2N/c1-21-18(15-10-5-11-16(19)17(15)20)14-9-3-2-8-13(14)12-6-4-7-12/h2-3,5,8-12,18,21H,4,6-7H2,1H3. The van der Waals surface area contributed by atoms with E-state index in [1.54, 1.807) is 19.2 Å². The van der Waals surface area contributed by atoms with Gasteiger partial charge in [0.05, 0.1) is 6.04 Å². The Labute approximate surface area is 124 Å². The van der Waals surface area contributed by atoms with Gasteiger partial charge in [-0.05, 0) is 43.0 Å². The lowest BCUT2D eigenvalue weighted by Crippen LogP contribution is -2.23. The van der Waals surface area contributed by atoms with E-state index in [2.05, 4.69) is 11.4 Å². The van der Waals surface area contributed by atoms with Crippen molar-refractivity contribution in [2.75, 3.05) is 7.05 Å². The molecule has 110 valence electrons. The van der Waals surface area contributed by atoms with Crippen molar-refractivity contribution in [3.63, 3.8) is 0 Å². The monoisotopic (exact) mass is 287 g/mol.